The van der Waals surface area contributed by atoms with Gasteiger partial charge in [-0.3, -0.25) is 0 Å². The molecule has 0 aromatic heterocycles. The van der Waals surface area contributed by atoms with Gasteiger partial charge in [-0.2, -0.15) is 0 Å². The average molecular weight is 213 g/mol. The highest BCUT2D eigenvalue weighted by Crippen LogP contribution is 2.29. The lowest BCUT2D eigenvalue weighted by molar-refractivity contribution is 0.0287. The summed E-state index contributed by atoms with van der Waals surface area (Å²) in [6.45, 7) is 0.661. The minimum absolute atomic E-state index is 0.205. The first kappa shape index (κ1) is 11.4. The van der Waals surface area contributed by atoms with Crippen LogP contribution in [0.2, 0.25) is 0 Å². The topological polar surface area (TPSA) is 52.5 Å². The summed E-state index contributed by atoms with van der Waals surface area (Å²) in [6.07, 6.45) is 8.23. The molecule has 3 N–H and O–H groups in total. The number of hydrogen-bond acceptors (Lipinski definition) is 3. The Kier molecular flexibility index (Phi) is 3.65. The van der Waals surface area contributed by atoms with Crippen LogP contribution in [0.15, 0.2) is 0 Å². The zero-order valence-corrected chi connectivity index (χ0v) is 9.41. The van der Waals surface area contributed by atoms with Gasteiger partial charge >= 0.3 is 0 Å². The van der Waals surface area contributed by atoms with Crippen LogP contribution in [0.4, 0.5) is 0 Å². The molecule has 88 valence electrons. The van der Waals surface area contributed by atoms with Crippen molar-refractivity contribution in [2.45, 2.75) is 69.1 Å². The lowest BCUT2D eigenvalue weighted by atomic mass is 9.91. The van der Waals surface area contributed by atoms with Gasteiger partial charge in [0.25, 0.3) is 0 Å². The Morgan fingerprint density at radius 3 is 2.40 bits per heavy atom. The van der Waals surface area contributed by atoms with Crippen molar-refractivity contribution in [1.82, 2.24) is 5.32 Å². The summed E-state index contributed by atoms with van der Waals surface area (Å²) < 4.78 is 0. The van der Waals surface area contributed by atoms with Crippen LogP contribution < -0.4 is 5.32 Å². The summed E-state index contributed by atoms with van der Waals surface area (Å²) >= 11 is 0. The first-order valence-corrected chi connectivity index (χ1v) is 6.33. The van der Waals surface area contributed by atoms with Gasteiger partial charge in [-0.15, -0.1) is 0 Å². The SMILES string of the molecule is O[C@@H]1CCCC[C@H]1NCC1(O)CCCC1. The van der Waals surface area contributed by atoms with Crippen LogP contribution in [0.5, 0.6) is 0 Å². The van der Waals surface area contributed by atoms with Gasteiger partial charge in [0.1, 0.15) is 0 Å². The number of aliphatic hydroxyl groups is 2. The number of aliphatic hydroxyl groups excluding tert-OH is 1. The summed E-state index contributed by atoms with van der Waals surface area (Å²) in [5.41, 5.74) is -0.489. The van der Waals surface area contributed by atoms with Crippen molar-refractivity contribution in [3.05, 3.63) is 0 Å². The summed E-state index contributed by atoms with van der Waals surface area (Å²) in [5, 5.41) is 23.3. The van der Waals surface area contributed by atoms with Gasteiger partial charge in [0.15, 0.2) is 0 Å². The molecule has 0 unspecified atom stereocenters. The maximum absolute atomic E-state index is 10.2. The molecule has 3 heteroatoms. The second kappa shape index (κ2) is 4.81. The van der Waals surface area contributed by atoms with E-state index in [1.54, 1.807) is 0 Å². The molecule has 2 rings (SSSR count). The van der Waals surface area contributed by atoms with Crippen molar-refractivity contribution in [1.29, 1.82) is 0 Å². The van der Waals surface area contributed by atoms with Crippen molar-refractivity contribution >= 4 is 0 Å². The molecule has 0 heterocycles. The van der Waals surface area contributed by atoms with Crippen LogP contribution in [0.3, 0.4) is 0 Å². The van der Waals surface area contributed by atoms with E-state index in [2.05, 4.69) is 5.32 Å². The highest BCUT2D eigenvalue weighted by atomic mass is 16.3. The van der Waals surface area contributed by atoms with E-state index in [0.29, 0.717) is 6.54 Å². The van der Waals surface area contributed by atoms with Gasteiger partial charge in [-0.25, -0.2) is 0 Å². The minimum Gasteiger partial charge on any atom is -0.392 e. The van der Waals surface area contributed by atoms with Crippen molar-refractivity contribution < 1.29 is 10.2 Å². The number of rotatable bonds is 3. The van der Waals surface area contributed by atoms with Gasteiger partial charge in [-0.1, -0.05) is 25.7 Å². The Balaban J connectivity index is 1.76. The quantitative estimate of drug-likeness (QED) is 0.660. The predicted molar refractivity (Wildman–Crippen MR) is 59.7 cm³/mol. The Hall–Kier alpha value is -0.120. The van der Waals surface area contributed by atoms with E-state index in [-0.39, 0.29) is 12.1 Å². The van der Waals surface area contributed by atoms with Crippen molar-refractivity contribution in [3.63, 3.8) is 0 Å². The monoisotopic (exact) mass is 213 g/mol. The first-order valence-electron chi connectivity index (χ1n) is 6.33. The van der Waals surface area contributed by atoms with E-state index in [1.807, 2.05) is 0 Å². The Morgan fingerprint density at radius 1 is 1.07 bits per heavy atom. The Bertz CT molecular complexity index is 202. The molecule has 0 radical (unpaired) electrons. The molecule has 2 aliphatic rings. The second-order valence-corrected chi connectivity index (χ2v) is 5.27. The lowest BCUT2D eigenvalue weighted by Crippen LogP contribution is -2.48. The third-order valence-electron chi connectivity index (χ3n) is 3.96. The molecule has 0 amide bonds. The molecule has 2 atom stereocenters. The zero-order valence-electron chi connectivity index (χ0n) is 9.41. The zero-order chi connectivity index (χ0) is 10.7. The molecule has 0 bridgehead atoms. The fourth-order valence-corrected chi connectivity index (χ4v) is 2.88. The third kappa shape index (κ3) is 2.92. The molecule has 2 fully saturated rings. The molecular weight excluding hydrogens is 190 g/mol. The van der Waals surface area contributed by atoms with Crippen molar-refractivity contribution in [3.8, 4) is 0 Å². The van der Waals surface area contributed by atoms with E-state index >= 15 is 0 Å². The van der Waals surface area contributed by atoms with E-state index in [4.69, 9.17) is 0 Å². The minimum atomic E-state index is -0.489. The van der Waals surface area contributed by atoms with Crippen LogP contribution in [0.1, 0.15) is 51.4 Å². The second-order valence-electron chi connectivity index (χ2n) is 5.27. The van der Waals surface area contributed by atoms with Crippen LogP contribution in [-0.2, 0) is 0 Å². The predicted octanol–water partition coefficient (Wildman–Crippen LogP) is 1.18. The molecule has 15 heavy (non-hydrogen) atoms. The first-order chi connectivity index (χ1) is 7.20. The van der Waals surface area contributed by atoms with Gasteiger partial charge in [0.05, 0.1) is 11.7 Å². The van der Waals surface area contributed by atoms with E-state index < -0.39 is 5.60 Å². The maximum Gasteiger partial charge on any atom is 0.0771 e. The van der Waals surface area contributed by atoms with Gasteiger partial charge in [0.2, 0.25) is 0 Å². The largest absolute Gasteiger partial charge is 0.392 e. The highest BCUT2D eigenvalue weighted by Gasteiger charge is 2.32. The van der Waals surface area contributed by atoms with Gasteiger partial charge in [0, 0.05) is 12.6 Å². The van der Waals surface area contributed by atoms with Crippen LogP contribution in [0, 0.1) is 0 Å². The molecule has 3 nitrogen and oxygen atoms in total. The fraction of sp³-hybridized carbons (Fsp3) is 1.00. The summed E-state index contributed by atoms with van der Waals surface area (Å²) in [4.78, 5) is 0. The maximum atomic E-state index is 10.2. The number of hydrogen-bond donors (Lipinski definition) is 3. The van der Waals surface area contributed by atoms with Crippen LogP contribution >= 0.6 is 0 Å². The molecule has 2 aliphatic carbocycles. The summed E-state index contributed by atoms with van der Waals surface area (Å²) in [6, 6.07) is 0.211. The summed E-state index contributed by atoms with van der Waals surface area (Å²) in [5.74, 6) is 0. The van der Waals surface area contributed by atoms with E-state index in [1.165, 1.54) is 6.42 Å². The van der Waals surface area contributed by atoms with Gasteiger partial charge < -0.3 is 15.5 Å². The van der Waals surface area contributed by atoms with Crippen molar-refractivity contribution in [2.24, 2.45) is 0 Å². The van der Waals surface area contributed by atoms with Gasteiger partial charge in [-0.05, 0) is 25.7 Å². The molecule has 0 aromatic carbocycles. The highest BCUT2D eigenvalue weighted by molar-refractivity contribution is 4.89. The van der Waals surface area contributed by atoms with E-state index in [9.17, 15) is 10.2 Å². The van der Waals surface area contributed by atoms with Crippen LogP contribution in [0.25, 0.3) is 0 Å². The average Bonchev–Trinajstić information content (AvgIpc) is 2.65. The molecule has 2 saturated carbocycles. The van der Waals surface area contributed by atoms with E-state index in [0.717, 1.165) is 44.9 Å². The standard InChI is InChI=1S/C12H23NO2/c14-11-6-2-1-5-10(11)13-9-12(15)7-3-4-8-12/h10-11,13-15H,1-9H2/t10-,11-/m1/s1. The summed E-state index contributed by atoms with van der Waals surface area (Å²) in [7, 11) is 0. The normalized spacial score (nSPS) is 35.6. The molecule has 0 aromatic rings. The smallest absolute Gasteiger partial charge is 0.0771 e. The number of nitrogens with one attached hydrogen (secondary N) is 1. The lowest BCUT2D eigenvalue weighted by Gasteiger charge is -2.32. The molecule has 0 spiro atoms. The van der Waals surface area contributed by atoms with Crippen LogP contribution in [-0.4, -0.2) is 34.5 Å². The third-order valence-corrected chi connectivity index (χ3v) is 3.96. The molecular formula is C12H23NO2. The Labute approximate surface area is 91.9 Å². The Morgan fingerprint density at radius 2 is 1.73 bits per heavy atom. The fourth-order valence-electron chi connectivity index (χ4n) is 2.88. The molecule has 0 aliphatic heterocycles. The molecule has 0 saturated heterocycles. The van der Waals surface area contributed by atoms with Crippen molar-refractivity contribution in [2.75, 3.05) is 6.54 Å².